The molecule has 0 spiro atoms. The third-order valence-electron chi connectivity index (χ3n) is 5.54. The molecule has 0 N–H and O–H groups in total. The number of hydrogen-bond donors (Lipinski definition) is 0. The van der Waals surface area contributed by atoms with Crippen LogP contribution in [0, 0.1) is 0 Å². The van der Waals surface area contributed by atoms with Gasteiger partial charge in [0.05, 0.1) is 11.0 Å². The van der Waals surface area contributed by atoms with Crippen LogP contribution in [0.5, 0.6) is 0 Å². The molecular weight excluding hydrogens is 417 g/mol. The molecule has 6 heteroatoms. The van der Waals surface area contributed by atoms with Crippen molar-refractivity contribution in [2.45, 2.75) is 18.9 Å². The monoisotopic (exact) mass is 435 g/mol. The summed E-state index contributed by atoms with van der Waals surface area (Å²) in [5.74, 6) is 1.05. The van der Waals surface area contributed by atoms with Gasteiger partial charge >= 0.3 is 0 Å². The number of carbonyl (C=O) groups excluding carboxylic acids is 1. The van der Waals surface area contributed by atoms with E-state index in [-0.39, 0.29) is 11.8 Å². The molecule has 1 atom stereocenters. The average molecular weight is 436 g/mol. The topological polar surface area (TPSA) is 38.1 Å². The van der Waals surface area contributed by atoms with E-state index in [1.54, 1.807) is 0 Å². The molecule has 3 aromatic carbocycles. The molecule has 1 aromatic heterocycles. The van der Waals surface area contributed by atoms with Crippen molar-refractivity contribution in [3.8, 4) is 0 Å². The van der Waals surface area contributed by atoms with Crippen molar-refractivity contribution in [1.82, 2.24) is 9.55 Å². The number of halogens is 2. The van der Waals surface area contributed by atoms with Crippen molar-refractivity contribution in [3.63, 3.8) is 0 Å². The van der Waals surface area contributed by atoms with Crippen LogP contribution in [0.25, 0.3) is 11.0 Å². The number of carbonyl (C=O) groups is 1. The van der Waals surface area contributed by atoms with Gasteiger partial charge in [0.1, 0.15) is 5.82 Å². The fraction of sp³-hybridized carbons (Fsp3) is 0.167. The largest absolute Gasteiger partial charge is 0.323 e. The minimum Gasteiger partial charge on any atom is -0.323 e. The lowest BCUT2D eigenvalue weighted by Crippen LogP contribution is -2.24. The third kappa shape index (κ3) is 3.57. The number of anilines is 1. The summed E-state index contributed by atoms with van der Waals surface area (Å²) in [5.41, 5.74) is 3.96. The number of nitrogens with zero attached hydrogens (tertiary/aromatic N) is 3. The Balaban J connectivity index is 1.52. The molecule has 0 unspecified atom stereocenters. The van der Waals surface area contributed by atoms with Crippen LogP contribution < -0.4 is 4.90 Å². The lowest BCUT2D eigenvalue weighted by molar-refractivity contribution is -0.117. The number of fused-ring (bicyclic) bond motifs is 1. The smallest absolute Gasteiger partial charge is 0.227 e. The minimum absolute atomic E-state index is 0.0137. The molecule has 0 aliphatic carbocycles. The van der Waals surface area contributed by atoms with Gasteiger partial charge in [0.2, 0.25) is 5.91 Å². The second-order valence-corrected chi connectivity index (χ2v) is 8.43. The summed E-state index contributed by atoms with van der Waals surface area (Å²) in [4.78, 5) is 19.6. The second-order valence-electron chi connectivity index (χ2n) is 7.56. The van der Waals surface area contributed by atoms with Gasteiger partial charge in [-0.3, -0.25) is 4.79 Å². The Kier molecular flexibility index (Phi) is 4.97. The number of benzene rings is 3. The Bertz CT molecular complexity index is 1230. The van der Waals surface area contributed by atoms with E-state index in [0.29, 0.717) is 29.6 Å². The molecule has 0 radical (unpaired) electrons. The van der Waals surface area contributed by atoms with Crippen LogP contribution in [-0.4, -0.2) is 22.0 Å². The first kappa shape index (κ1) is 19.2. The molecular formula is C24H19Cl2N3O. The molecule has 2 heterocycles. The summed E-state index contributed by atoms with van der Waals surface area (Å²) in [6.07, 6.45) is 0.432. The van der Waals surface area contributed by atoms with Gasteiger partial charge in [-0.25, -0.2) is 4.98 Å². The molecule has 1 saturated heterocycles. The van der Waals surface area contributed by atoms with E-state index >= 15 is 0 Å². The van der Waals surface area contributed by atoms with Crippen molar-refractivity contribution in [2.75, 3.05) is 11.4 Å². The molecule has 150 valence electrons. The van der Waals surface area contributed by atoms with Crippen LogP contribution in [0.3, 0.4) is 0 Å². The fourth-order valence-electron chi connectivity index (χ4n) is 4.14. The van der Waals surface area contributed by atoms with Crippen LogP contribution in [-0.2, 0) is 11.3 Å². The van der Waals surface area contributed by atoms with Gasteiger partial charge in [-0.15, -0.1) is 0 Å². The fourth-order valence-corrected chi connectivity index (χ4v) is 4.48. The Labute approximate surface area is 184 Å². The van der Waals surface area contributed by atoms with Gasteiger partial charge in [0.25, 0.3) is 0 Å². The molecule has 1 amide bonds. The normalized spacial score (nSPS) is 16.5. The lowest BCUT2D eigenvalue weighted by atomic mass is 10.1. The van der Waals surface area contributed by atoms with E-state index in [2.05, 4.69) is 16.7 Å². The highest BCUT2D eigenvalue weighted by Crippen LogP contribution is 2.34. The van der Waals surface area contributed by atoms with Crippen LogP contribution in [0.2, 0.25) is 10.0 Å². The minimum atomic E-state index is 0.0137. The van der Waals surface area contributed by atoms with Gasteiger partial charge in [-0.2, -0.15) is 0 Å². The van der Waals surface area contributed by atoms with E-state index in [1.165, 1.54) is 0 Å². The number of imidazole rings is 1. The van der Waals surface area contributed by atoms with Crippen molar-refractivity contribution >= 4 is 45.8 Å². The third-order valence-corrected chi connectivity index (χ3v) is 6.03. The zero-order valence-corrected chi connectivity index (χ0v) is 17.6. The first-order valence-corrected chi connectivity index (χ1v) is 10.6. The summed E-state index contributed by atoms with van der Waals surface area (Å²) in [6.45, 7) is 1.25. The maximum atomic E-state index is 12.8. The van der Waals surface area contributed by atoms with Gasteiger partial charge < -0.3 is 9.47 Å². The number of rotatable bonds is 4. The number of amides is 1. The maximum absolute atomic E-state index is 12.8. The zero-order chi connectivity index (χ0) is 20.7. The molecule has 4 nitrogen and oxygen atoms in total. The molecule has 1 aliphatic rings. The number of aromatic nitrogens is 2. The first-order chi connectivity index (χ1) is 14.6. The highest BCUT2D eigenvalue weighted by Gasteiger charge is 2.34. The van der Waals surface area contributed by atoms with E-state index < -0.39 is 0 Å². The van der Waals surface area contributed by atoms with E-state index in [4.69, 9.17) is 28.2 Å². The first-order valence-electron chi connectivity index (χ1n) is 9.84. The van der Waals surface area contributed by atoms with Gasteiger partial charge in [0.15, 0.2) is 0 Å². The Morgan fingerprint density at radius 2 is 1.73 bits per heavy atom. The molecule has 1 fully saturated rings. The van der Waals surface area contributed by atoms with Gasteiger partial charge in [0, 0.05) is 41.2 Å². The lowest BCUT2D eigenvalue weighted by Gasteiger charge is -2.17. The quantitative estimate of drug-likeness (QED) is 0.399. The predicted molar refractivity (Wildman–Crippen MR) is 121 cm³/mol. The number of hydrogen-bond acceptors (Lipinski definition) is 2. The molecule has 1 aliphatic heterocycles. The second kappa shape index (κ2) is 7.78. The molecule has 4 aromatic rings. The SMILES string of the molecule is O=C1C[C@@H](c2nc3ccccc3n2Cc2cccc(Cl)c2)CN1c1ccc(Cl)cc1. The number of para-hydroxylation sites is 2. The van der Waals surface area contributed by atoms with E-state index in [0.717, 1.165) is 28.1 Å². The van der Waals surface area contributed by atoms with Crippen LogP contribution >= 0.6 is 23.2 Å². The summed E-state index contributed by atoms with van der Waals surface area (Å²) < 4.78 is 2.21. The molecule has 0 bridgehead atoms. The van der Waals surface area contributed by atoms with E-state index in [1.807, 2.05) is 65.6 Å². The molecule has 30 heavy (non-hydrogen) atoms. The Morgan fingerprint density at radius 3 is 2.53 bits per heavy atom. The highest BCUT2D eigenvalue weighted by molar-refractivity contribution is 6.30. The molecule has 5 rings (SSSR count). The highest BCUT2D eigenvalue weighted by atomic mass is 35.5. The van der Waals surface area contributed by atoms with E-state index in [9.17, 15) is 4.79 Å². The van der Waals surface area contributed by atoms with Crippen LogP contribution in [0.15, 0.2) is 72.8 Å². The average Bonchev–Trinajstić information content (AvgIpc) is 3.30. The summed E-state index contributed by atoms with van der Waals surface area (Å²) in [7, 11) is 0. The van der Waals surface area contributed by atoms with Gasteiger partial charge in [-0.05, 0) is 54.1 Å². The standard InChI is InChI=1S/C24H19Cl2N3O/c25-18-8-10-20(11-9-18)28-15-17(13-23(28)30)24-27-21-6-1-2-7-22(21)29(24)14-16-4-3-5-19(26)12-16/h1-12,17H,13-15H2/t17-/m1/s1. The van der Waals surface area contributed by atoms with Gasteiger partial charge in [-0.1, -0.05) is 47.5 Å². The zero-order valence-electron chi connectivity index (χ0n) is 16.1. The Hall–Kier alpha value is -2.82. The molecule has 0 saturated carbocycles. The maximum Gasteiger partial charge on any atom is 0.227 e. The Morgan fingerprint density at radius 1 is 0.933 bits per heavy atom. The summed E-state index contributed by atoms with van der Waals surface area (Å²) >= 11 is 12.2. The summed E-state index contributed by atoms with van der Waals surface area (Å²) in [5, 5.41) is 1.37. The van der Waals surface area contributed by atoms with Crippen molar-refractivity contribution in [2.24, 2.45) is 0 Å². The van der Waals surface area contributed by atoms with Crippen molar-refractivity contribution in [3.05, 3.63) is 94.2 Å². The summed E-state index contributed by atoms with van der Waals surface area (Å²) in [6, 6.07) is 23.3. The van der Waals surface area contributed by atoms with Crippen LogP contribution in [0.1, 0.15) is 23.7 Å². The predicted octanol–water partition coefficient (Wildman–Crippen LogP) is 5.91. The van der Waals surface area contributed by atoms with Crippen molar-refractivity contribution < 1.29 is 4.79 Å². The van der Waals surface area contributed by atoms with Crippen LogP contribution in [0.4, 0.5) is 5.69 Å². The van der Waals surface area contributed by atoms with Crippen molar-refractivity contribution in [1.29, 1.82) is 0 Å².